The number of aliphatic hydroxyl groups is 1. The molecule has 0 aliphatic rings. The number of nitro groups is 1. The van der Waals surface area contributed by atoms with Crippen molar-refractivity contribution in [3.8, 4) is 0 Å². The Morgan fingerprint density at radius 2 is 1.96 bits per heavy atom. The highest BCUT2D eigenvalue weighted by Crippen LogP contribution is 2.24. The predicted molar refractivity (Wildman–Crippen MR) is 81.2 cm³/mol. The number of aliphatic hydroxyl groups excluding tert-OH is 1. The summed E-state index contributed by atoms with van der Waals surface area (Å²) in [5.41, 5.74) is 5.38. The molecule has 0 spiro atoms. The zero-order chi connectivity index (χ0) is 17.0. The van der Waals surface area contributed by atoms with Crippen molar-refractivity contribution in [3.63, 3.8) is 0 Å². The van der Waals surface area contributed by atoms with E-state index >= 15 is 0 Å². The van der Waals surface area contributed by atoms with Crippen molar-refractivity contribution >= 4 is 17.3 Å². The monoisotopic (exact) mass is 319 g/mol. The zero-order valence-electron chi connectivity index (χ0n) is 11.9. The lowest BCUT2D eigenvalue weighted by atomic mass is 10.1. The van der Waals surface area contributed by atoms with Crippen LogP contribution in [0.3, 0.4) is 0 Å². The predicted octanol–water partition coefficient (Wildman–Crippen LogP) is 1.78. The third-order valence-corrected chi connectivity index (χ3v) is 3.24. The van der Waals surface area contributed by atoms with E-state index in [0.717, 1.165) is 0 Å². The number of anilines is 1. The first-order valence-electron chi connectivity index (χ1n) is 6.64. The summed E-state index contributed by atoms with van der Waals surface area (Å²) in [7, 11) is 0. The fourth-order valence-electron chi connectivity index (χ4n) is 2.00. The molecule has 2 rings (SSSR count). The van der Waals surface area contributed by atoms with Crippen LogP contribution in [0.1, 0.15) is 22.0 Å². The van der Waals surface area contributed by atoms with Gasteiger partial charge in [-0.25, -0.2) is 4.39 Å². The normalized spacial score (nSPS) is 11.7. The largest absolute Gasteiger partial charge is 0.393 e. The van der Waals surface area contributed by atoms with E-state index in [1.165, 1.54) is 42.5 Å². The van der Waals surface area contributed by atoms with Gasteiger partial charge in [0.25, 0.3) is 11.6 Å². The van der Waals surface area contributed by atoms with Gasteiger partial charge < -0.3 is 16.2 Å². The Kier molecular flexibility index (Phi) is 4.87. The Bertz CT molecular complexity index is 734. The molecule has 0 fully saturated rings. The molecule has 120 valence electrons. The molecule has 7 nitrogen and oxygen atoms in total. The maximum Gasteiger partial charge on any atom is 0.292 e. The molecular weight excluding hydrogens is 305 g/mol. The van der Waals surface area contributed by atoms with Gasteiger partial charge in [-0.3, -0.25) is 14.9 Å². The number of nitrogens with two attached hydrogens (primary N) is 1. The first kappa shape index (κ1) is 16.4. The number of carbonyl (C=O) groups is 1. The molecule has 0 aliphatic heterocycles. The van der Waals surface area contributed by atoms with Crippen molar-refractivity contribution in [1.29, 1.82) is 0 Å². The van der Waals surface area contributed by atoms with Gasteiger partial charge in [-0.15, -0.1) is 0 Å². The smallest absolute Gasteiger partial charge is 0.292 e. The van der Waals surface area contributed by atoms with E-state index in [9.17, 15) is 24.4 Å². The summed E-state index contributed by atoms with van der Waals surface area (Å²) in [6.07, 6.45) is -1.04. The number of nitrogens with zero attached hydrogens (tertiary/aromatic N) is 1. The number of carbonyl (C=O) groups excluding carboxylic acids is 1. The van der Waals surface area contributed by atoms with E-state index in [1.807, 2.05) is 0 Å². The number of rotatable bonds is 5. The second-order valence-corrected chi connectivity index (χ2v) is 4.77. The van der Waals surface area contributed by atoms with Crippen LogP contribution in [0.15, 0.2) is 42.5 Å². The maximum atomic E-state index is 12.8. The van der Waals surface area contributed by atoms with Crippen molar-refractivity contribution in [2.24, 2.45) is 0 Å². The van der Waals surface area contributed by atoms with Crippen molar-refractivity contribution in [2.45, 2.75) is 6.10 Å². The van der Waals surface area contributed by atoms with Gasteiger partial charge in [0, 0.05) is 12.6 Å². The molecule has 0 bridgehead atoms. The van der Waals surface area contributed by atoms with Gasteiger partial charge >= 0.3 is 0 Å². The van der Waals surface area contributed by atoms with Gasteiger partial charge in [-0.1, -0.05) is 18.2 Å². The van der Waals surface area contributed by atoms with Gasteiger partial charge in [-0.2, -0.15) is 0 Å². The Labute approximate surface area is 130 Å². The Balaban J connectivity index is 2.06. The highest BCUT2D eigenvalue weighted by Gasteiger charge is 2.19. The van der Waals surface area contributed by atoms with Crippen molar-refractivity contribution < 1.29 is 19.2 Å². The summed E-state index contributed by atoms with van der Waals surface area (Å²) in [5, 5.41) is 23.2. The van der Waals surface area contributed by atoms with Crippen molar-refractivity contribution in [2.75, 3.05) is 12.3 Å². The van der Waals surface area contributed by atoms with Crippen LogP contribution in [-0.2, 0) is 0 Å². The molecule has 8 heteroatoms. The lowest BCUT2D eigenvalue weighted by Crippen LogP contribution is -2.29. The second kappa shape index (κ2) is 6.84. The molecule has 4 N–H and O–H groups in total. The average molecular weight is 319 g/mol. The van der Waals surface area contributed by atoms with E-state index < -0.39 is 22.8 Å². The van der Waals surface area contributed by atoms with Crippen LogP contribution in [0.4, 0.5) is 15.8 Å². The molecule has 1 amide bonds. The molecule has 2 aromatic carbocycles. The number of nitro benzene ring substituents is 1. The Morgan fingerprint density at radius 3 is 2.57 bits per heavy atom. The van der Waals surface area contributed by atoms with E-state index in [-0.39, 0.29) is 23.5 Å². The molecule has 0 aliphatic carbocycles. The molecule has 0 radical (unpaired) electrons. The molecule has 0 saturated carbocycles. The van der Waals surface area contributed by atoms with Crippen LogP contribution in [0, 0.1) is 15.9 Å². The maximum absolute atomic E-state index is 12.8. The lowest BCUT2D eigenvalue weighted by molar-refractivity contribution is -0.383. The molecule has 2 aromatic rings. The third-order valence-electron chi connectivity index (χ3n) is 3.24. The number of amides is 1. The van der Waals surface area contributed by atoms with Crippen LogP contribution in [0.25, 0.3) is 0 Å². The molecule has 0 aromatic heterocycles. The highest BCUT2D eigenvalue weighted by molar-refractivity contribution is 6.00. The summed E-state index contributed by atoms with van der Waals surface area (Å²) in [6.45, 7) is -0.146. The number of hydrogen-bond acceptors (Lipinski definition) is 5. The summed E-state index contributed by atoms with van der Waals surface area (Å²) >= 11 is 0. The van der Waals surface area contributed by atoms with Gasteiger partial charge in [0.1, 0.15) is 11.5 Å². The van der Waals surface area contributed by atoms with Crippen LogP contribution >= 0.6 is 0 Å². The number of nitrogen functional groups attached to an aromatic ring is 1. The molecule has 1 atom stereocenters. The van der Waals surface area contributed by atoms with Gasteiger partial charge in [0.05, 0.1) is 16.6 Å². The van der Waals surface area contributed by atoms with E-state index in [2.05, 4.69) is 5.32 Å². The van der Waals surface area contributed by atoms with Gasteiger partial charge in [-0.05, 0) is 23.8 Å². The highest BCUT2D eigenvalue weighted by atomic mass is 19.1. The summed E-state index contributed by atoms with van der Waals surface area (Å²) in [4.78, 5) is 22.2. The molecule has 0 heterocycles. The second-order valence-electron chi connectivity index (χ2n) is 4.77. The molecule has 23 heavy (non-hydrogen) atoms. The van der Waals surface area contributed by atoms with E-state index in [1.54, 1.807) is 0 Å². The van der Waals surface area contributed by atoms with Crippen LogP contribution < -0.4 is 11.1 Å². The minimum Gasteiger partial charge on any atom is -0.393 e. The quantitative estimate of drug-likeness (QED) is 0.441. The molecule has 0 saturated heterocycles. The minimum atomic E-state index is -1.04. The number of nitrogens with one attached hydrogen (secondary N) is 1. The minimum absolute atomic E-state index is 0.0505. The number of halogens is 1. The number of para-hydroxylation sites is 1. The first-order valence-corrected chi connectivity index (χ1v) is 6.64. The number of hydrogen-bond donors (Lipinski definition) is 3. The van der Waals surface area contributed by atoms with Gasteiger partial charge in [0.2, 0.25) is 0 Å². The lowest BCUT2D eigenvalue weighted by Gasteiger charge is -2.13. The van der Waals surface area contributed by atoms with Gasteiger partial charge in [0.15, 0.2) is 0 Å². The summed E-state index contributed by atoms with van der Waals surface area (Å²) in [5.74, 6) is -1.08. The standard InChI is InChI=1S/C15H14FN3O4/c16-10-6-4-9(5-7-10)13(20)8-18-15(21)11-2-1-3-12(14(11)17)19(22)23/h1-7,13,20H,8,17H2,(H,18,21). The molecule has 1 unspecified atom stereocenters. The Morgan fingerprint density at radius 1 is 1.30 bits per heavy atom. The average Bonchev–Trinajstić information content (AvgIpc) is 2.53. The SMILES string of the molecule is Nc1c(C(=O)NCC(O)c2ccc(F)cc2)cccc1[N+](=O)[O-]. The van der Waals surface area contributed by atoms with E-state index in [0.29, 0.717) is 5.56 Å². The van der Waals surface area contributed by atoms with E-state index in [4.69, 9.17) is 5.73 Å². The van der Waals surface area contributed by atoms with Crippen molar-refractivity contribution in [1.82, 2.24) is 5.32 Å². The number of benzene rings is 2. The summed E-state index contributed by atoms with van der Waals surface area (Å²) < 4.78 is 12.8. The molecular formula is C15H14FN3O4. The first-order chi connectivity index (χ1) is 10.9. The fraction of sp³-hybridized carbons (Fsp3) is 0.133. The summed E-state index contributed by atoms with van der Waals surface area (Å²) in [6, 6.07) is 9.07. The van der Waals surface area contributed by atoms with Crippen LogP contribution in [0.2, 0.25) is 0 Å². The van der Waals surface area contributed by atoms with Crippen molar-refractivity contribution in [3.05, 3.63) is 69.5 Å². The topological polar surface area (TPSA) is 118 Å². The zero-order valence-corrected chi connectivity index (χ0v) is 11.9. The third kappa shape index (κ3) is 3.80. The van der Waals surface area contributed by atoms with Crippen LogP contribution in [0.5, 0.6) is 0 Å². The van der Waals surface area contributed by atoms with Crippen LogP contribution in [-0.4, -0.2) is 22.5 Å². The fourth-order valence-corrected chi connectivity index (χ4v) is 2.00. The Hall–Kier alpha value is -3.00.